The van der Waals surface area contributed by atoms with Crippen molar-refractivity contribution in [1.29, 1.82) is 0 Å². The van der Waals surface area contributed by atoms with Gasteiger partial charge in [-0.3, -0.25) is 0 Å². The molecule has 5 nitrogen and oxygen atoms in total. The Morgan fingerprint density at radius 3 is 2.82 bits per heavy atom. The molecule has 3 N–H and O–H groups in total. The molecule has 1 rings (SSSR count). The van der Waals surface area contributed by atoms with E-state index < -0.39 is 5.60 Å². The molecule has 0 saturated heterocycles. The molecular weight excluding hydrogens is 298 g/mol. The average Bonchev–Trinajstić information content (AvgIpc) is 2.99. The fraction of sp³-hybridized carbons (Fsp3) is 0.688. The number of hydrogen-bond donors (Lipinski definition) is 3. The number of nitrogens with one attached hydrogen (secondary N) is 2. The number of rotatable bonds is 9. The minimum Gasteiger partial charge on any atom is -0.383 e. The molecule has 0 aliphatic carbocycles. The summed E-state index contributed by atoms with van der Waals surface area (Å²) in [6.07, 6.45) is 0. The van der Waals surface area contributed by atoms with Gasteiger partial charge in [-0.25, -0.2) is 4.99 Å². The van der Waals surface area contributed by atoms with Crippen molar-refractivity contribution in [2.45, 2.75) is 33.3 Å². The highest BCUT2D eigenvalue weighted by molar-refractivity contribution is 7.08. The Hall–Kier alpha value is -1.11. The van der Waals surface area contributed by atoms with E-state index in [1.54, 1.807) is 18.3 Å². The van der Waals surface area contributed by atoms with Crippen molar-refractivity contribution in [3.63, 3.8) is 0 Å². The van der Waals surface area contributed by atoms with E-state index in [1.807, 2.05) is 23.8 Å². The molecule has 0 spiro atoms. The van der Waals surface area contributed by atoms with Crippen molar-refractivity contribution < 1.29 is 9.84 Å². The third-order valence-electron chi connectivity index (χ3n) is 3.02. The van der Waals surface area contributed by atoms with Crippen molar-refractivity contribution in [1.82, 2.24) is 10.6 Å². The first-order valence-corrected chi connectivity index (χ1v) is 8.75. The lowest BCUT2D eigenvalue weighted by Crippen LogP contribution is -2.40. The molecule has 0 radical (unpaired) electrons. The molecular formula is C16H29N3O2S. The van der Waals surface area contributed by atoms with Crippen molar-refractivity contribution in [3.8, 4) is 0 Å². The Kier molecular flexibility index (Phi) is 8.45. The van der Waals surface area contributed by atoms with Gasteiger partial charge in [-0.2, -0.15) is 11.3 Å². The third-order valence-corrected chi connectivity index (χ3v) is 3.71. The first-order valence-electron chi connectivity index (χ1n) is 7.80. The third kappa shape index (κ3) is 7.24. The molecule has 1 atom stereocenters. The van der Waals surface area contributed by atoms with Gasteiger partial charge >= 0.3 is 0 Å². The molecule has 0 bridgehead atoms. The summed E-state index contributed by atoms with van der Waals surface area (Å²) in [5.74, 6) is 1.24. The maximum Gasteiger partial charge on any atom is 0.191 e. The monoisotopic (exact) mass is 327 g/mol. The summed E-state index contributed by atoms with van der Waals surface area (Å²) in [6, 6.07) is 1.93. The highest BCUT2D eigenvalue weighted by atomic mass is 32.1. The van der Waals surface area contributed by atoms with Gasteiger partial charge in [-0.1, -0.05) is 13.8 Å². The predicted octanol–water partition coefficient (Wildman–Crippen LogP) is 2.18. The van der Waals surface area contributed by atoms with E-state index in [9.17, 15) is 5.11 Å². The van der Waals surface area contributed by atoms with Crippen LogP contribution in [0.4, 0.5) is 0 Å². The van der Waals surface area contributed by atoms with Gasteiger partial charge in [0, 0.05) is 19.7 Å². The van der Waals surface area contributed by atoms with E-state index in [2.05, 4.69) is 29.5 Å². The second kappa shape index (κ2) is 9.82. The molecule has 0 saturated carbocycles. The standard InChI is InChI=1S/C16H29N3O2S/c1-5-17-15(18-7-8-21-10-13(2)3)19-12-16(4,20)14-6-9-22-11-14/h6,9,11,13,20H,5,7-8,10,12H2,1-4H3,(H2,17,18,19). The minimum atomic E-state index is -0.948. The van der Waals surface area contributed by atoms with Crippen molar-refractivity contribution >= 4 is 17.3 Å². The quantitative estimate of drug-likeness (QED) is 0.369. The number of guanidine groups is 1. The van der Waals surface area contributed by atoms with Crippen LogP contribution in [-0.2, 0) is 10.3 Å². The molecule has 22 heavy (non-hydrogen) atoms. The Morgan fingerprint density at radius 1 is 1.45 bits per heavy atom. The molecule has 0 amide bonds. The maximum absolute atomic E-state index is 10.5. The lowest BCUT2D eigenvalue weighted by Gasteiger charge is -2.21. The van der Waals surface area contributed by atoms with Crippen LogP contribution in [0, 0.1) is 5.92 Å². The van der Waals surface area contributed by atoms with E-state index in [4.69, 9.17) is 4.74 Å². The Bertz CT molecular complexity index is 431. The largest absolute Gasteiger partial charge is 0.383 e. The summed E-state index contributed by atoms with van der Waals surface area (Å²) in [4.78, 5) is 4.47. The van der Waals surface area contributed by atoms with E-state index >= 15 is 0 Å². The number of aliphatic hydroxyl groups is 1. The molecule has 0 aromatic carbocycles. The Balaban J connectivity index is 2.44. The van der Waals surface area contributed by atoms with Gasteiger partial charge in [0.15, 0.2) is 5.96 Å². The molecule has 1 unspecified atom stereocenters. The molecule has 126 valence electrons. The zero-order valence-electron chi connectivity index (χ0n) is 14.1. The van der Waals surface area contributed by atoms with E-state index in [0.717, 1.165) is 18.7 Å². The van der Waals surface area contributed by atoms with Crippen LogP contribution in [0.25, 0.3) is 0 Å². The number of aliphatic imine (C=N–C) groups is 1. The predicted molar refractivity (Wildman–Crippen MR) is 93.5 cm³/mol. The van der Waals surface area contributed by atoms with E-state index in [-0.39, 0.29) is 0 Å². The second-order valence-corrected chi connectivity index (χ2v) is 6.66. The summed E-state index contributed by atoms with van der Waals surface area (Å²) >= 11 is 1.58. The van der Waals surface area contributed by atoms with Gasteiger partial charge in [-0.05, 0) is 42.2 Å². The number of hydrogen-bond acceptors (Lipinski definition) is 4. The van der Waals surface area contributed by atoms with E-state index in [1.165, 1.54) is 0 Å². The maximum atomic E-state index is 10.5. The topological polar surface area (TPSA) is 65.9 Å². The van der Waals surface area contributed by atoms with Crippen LogP contribution < -0.4 is 10.6 Å². The number of ether oxygens (including phenoxy) is 1. The highest BCUT2D eigenvalue weighted by Gasteiger charge is 2.23. The molecule has 1 aromatic heterocycles. The van der Waals surface area contributed by atoms with Gasteiger partial charge in [0.2, 0.25) is 0 Å². The van der Waals surface area contributed by atoms with Gasteiger partial charge < -0.3 is 20.5 Å². The summed E-state index contributed by atoms with van der Waals surface area (Å²) < 4.78 is 5.53. The smallest absolute Gasteiger partial charge is 0.191 e. The fourth-order valence-electron chi connectivity index (χ4n) is 1.80. The summed E-state index contributed by atoms with van der Waals surface area (Å²) in [7, 11) is 0. The fourth-order valence-corrected chi connectivity index (χ4v) is 2.58. The van der Waals surface area contributed by atoms with Gasteiger partial charge in [0.1, 0.15) is 5.60 Å². The van der Waals surface area contributed by atoms with Crippen LogP contribution in [0.2, 0.25) is 0 Å². The second-order valence-electron chi connectivity index (χ2n) is 5.88. The van der Waals surface area contributed by atoms with Crippen LogP contribution in [0.5, 0.6) is 0 Å². The van der Waals surface area contributed by atoms with Crippen molar-refractivity contribution in [2.24, 2.45) is 10.9 Å². The summed E-state index contributed by atoms with van der Waals surface area (Å²) in [5.41, 5.74) is -0.0476. The Labute approximate surface area is 137 Å². The number of thiophene rings is 1. The highest BCUT2D eigenvalue weighted by Crippen LogP contribution is 2.23. The molecule has 1 heterocycles. The van der Waals surface area contributed by atoms with Gasteiger partial charge in [0.25, 0.3) is 0 Å². The van der Waals surface area contributed by atoms with Crippen LogP contribution in [-0.4, -0.2) is 43.9 Å². The normalized spacial score (nSPS) is 14.9. The molecule has 6 heteroatoms. The first-order chi connectivity index (χ1) is 10.5. The van der Waals surface area contributed by atoms with Crippen molar-refractivity contribution in [2.75, 3.05) is 32.8 Å². The Morgan fingerprint density at radius 2 is 2.23 bits per heavy atom. The SMILES string of the molecule is CCNC(=NCC(C)(O)c1ccsc1)NCCOCC(C)C. The van der Waals surface area contributed by atoms with Crippen molar-refractivity contribution in [3.05, 3.63) is 22.4 Å². The van der Waals surface area contributed by atoms with Crippen LogP contribution in [0.15, 0.2) is 21.8 Å². The lowest BCUT2D eigenvalue weighted by molar-refractivity contribution is 0.0677. The minimum absolute atomic E-state index is 0.311. The van der Waals surface area contributed by atoms with Crippen LogP contribution in [0.1, 0.15) is 33.3 Å². The van der Waals surface area contributed by atoms with Gasteiger partial charge in [-0.15, -0.1) is 0 Å². The molecule has 0 aliphatic rings. The number of nitrogens with zero attached hydrogens (tertiary/aromatic N) is 1. The molecule has 1 aromatic rings. The summed E-state index contributed by atoms with van der Waals surface area (Å²) in [6.45, 7) is 11.3. The molecule has 0 fully saturated rings. The average molecular weight is 327 g/mol. The zero-order valence-corrected chi connectivity index (χ0v) is 14.9. The first kappa shape index (κ1) is 18.9. The van der Waals surface area contributed by atoms with E-state index in [0.29, 0.717) is 31.6 Å². The lowest BCUT2D eigenvalue weighted by atomic mass is 10.00. The molecule has 0 aliphatic heterocycles. The van der Waals surface area contributed by atoms with Gasteiger partial charge in [0.05, 0.1) is 13.2 Å². The summed E-state index contributed by atoms with van der Waals surface area (Å²) in [5, 5.41) is 20.8. The zero-order chi connectivity index (χ0) is 16.4. The van der Waals surface area contributed by atoms with Crippen LogP contribution >= 0.6 is 11.3 Å². The van der Waals surface area contributed by atoms with Crippen LogP contribution in [0.3, 0.4) is 0 Å².